The number of nitrogens with zero attached hydrogens (tertiary/aromatic N) is 1. The molecule has 0 radical (unpaired) electrons. The van der Waals surface area contributed by atoms with Gasteiger partial charge in [0.25, 0.3) is 5.91 Å². The number of likely N-dealkylation sites (N-methyl/N-ethyl adjacent to an activating group) is 1. The summed E-state index contributed by atoms with van der Waals surface area (Å²) in [6, 6.07) is 3.78. The molecule has 0 spiro atoms. The molecule has 0 heterocycles. The molecular formula is C14H21FN2O2. The highest BCUT2D eigenvalue weighted by atomic mass is 19.1. The largest absolute Gasteiger partial charge is 0.483 e. The van der Waals surface area contributed by atoms with Gasteiger partial charge in [-0.3, -0.25) is 4.79 Å². The van der Waals surface area contributed by atoms with Gasteiger partial charge in [-0.05, 0) is 39.0 Å². The number of carbonyl (C=O) groups excluding carboxylic acids is 1. The first-order valence-electron chi connectivity index (χ1n) is 6.45. The second-order valence-corrected chi connectivity index (χ2v) is 4.33. The number of nitrogens with two attached hydrogens (primary N) is 1. The fourth-order valence-corrected chi connectivity index (χ4v) is 1.81. The van der Waals surface area contributed by atoms with Crippen molar-refractivity contribution in [3.63, 3.8) is 0 Å². The summed E-state index contributed by atoms with van der Waals surface area (Å²) in [5, 5.41) is 0. The number of hydrogen-bond donors (Lipinski definition) is 1. The van der Waals surface area contributed by atoms with Crippen molar-refractivity contribution in [1.82, 2.24) is 4.90 Å². The summed E-state index contributed by atoms with van der Waals surface area (Å²) < 4.78 is 18.6. The fraction of sp³-hybridized carbons (Fsp3) is 0.500. The molecule has 106 valence electrons. The van der Waals surface area contributed by atoms with Gasteiger partial charge in [-0.15, -0.1) is 0 Å². The van der Waals surface area contributed by atoms with Gasteiger partial charge >= 0.3 is 0 Å². The first-order chi connectivity index (χ1) is 8.99. The Morgan fingerprint density at radius 2 is 2.05 bits per heavy atom. The van der Waals surface area contributed by atoms with Crippen LogP contribution in [0.2, 0.25) is 0 Å². The van der Waals surface area contributed by atoms with E-state index in [0.717, 1.165) is 0 Å². The van der Waals surface area contributed by atoms with Gasteiger partial charge in [-0.1, -0.05) is 0 Å². The topological polar surface area (TPSA) is 55.6 Å². The van der Waals surface area contributed by atoms with Crippen molar-refractivity contribution in [3.8, 4) is 5.75 Å². The monoisotopic (exact) mass is 268 g/mol. The molecule has 0 fully saturated rings. The summed E-state index contributed by atoms with van der Waals surface area (Å²) >= 11 is 0. The minimum absolute atomic E-state index is 0.0625. The van der Waals surface area contributed by atoms with Crippen LogP contribution in [0.25, 0.3) is 0 Å². The van der Waals surface area contributed by atoms with Gasteiger partial charge in [0.2, 0.25) is 0 Å². The van der Waals surface area contributed by atoms with Crippen molar-refractivity contribution in [2.45, 2.75) is 26.8 Å². The SMILES string of the molecule is CCN(CC)C(=O)COc1ccc(F)cc1[C@@H](C)N. The highest BCUT2D eigenvalue weighted by molar-refractivity contribution is 5.77. The van der Waals surface area contributed by atoms with Crippen LogP contribution in [0.4, 0.5) is 4.39 Å². The van der Waals surface area contributed by atoms with E-state index in [1.807, 2.05) is 13.8 Å². The van der Waals surface area contributed by atoms with Gasteiger partial charge in [0.1, 0.15) is 11.6 Å². The smallest absolute Gasteiger partial charge is 0.260 e. The molecular weight excluding hydrogens is 247 g/mol. The molecule has 4 nitrogen and oxygen atoms in total. The molecule has 19 heavy (non-hydrogen) atoms. The number of hydrogen-bond acceptors (Lipinski definition) is 3. The van der Waals surface area contributed by atoms with Gasteiger partial charge in [0.05, 0.1) is 0 Å². The maximum absolute atomic E-state index is 13.2. The summed E-state index contributed by atoms with van der Waals surface area (Å²) in [7, 11) is 0. The van der Waals surface area contributed by atoms with E-state index in [1.54, 1.807) is 11.8 Å². The summed E-state index contributed by atoms with van der Waals surface area (Å²) in [4.78, 5) is 13.5. The quantitative estimate of drug-likeness (QED) is 0.859. The van der Waals surface area contributed by atoms with Gasteiger partial charge in [0, 0.05) is 24.7 Å². The standard InChI is InChI=1S/C14H21FN2O2/c1-4-17(5-2)14(18)9-19-13-7-6-11(15)8-12(13)10(3)16/h6-8,10H,4-5,9,16H2,1-3H3/t10-/m1/s1. The Morgan fingerprint density at radius 3 is 2.58 bits per heavy atom. The third-order valence-electron chi connectivity index (χ3n) is 2.93. The fourth-order valence-electron chi connectivity index (χ4n) is 1.81. The second-order valence-electron chi connectivity index (χ2n) is 4.33. The highest BCUT2D eigenvalue weighted by Gasteiger charge is 2.13. The van der Waals surface area contributed by atoms with Crippen molar-refractivity contribution >= 4 is 5.91 Å². The molecule has 0 unspecified atom stereocenters. The van der Waals surface area contributed by atoms with Gasteiger partial charge in [0.15, 0.2) is 6.61 Å². The summed E-state index contributed by atoms with van der Waals surface area (Å²) in [5.74, 6) is -0.00317. The first kappa shape index (κ1) is 15.4. The molecule has 1 rings (SSSR count). The van der Waals surface area contributed by atoms with Gasteiger partial charge < -0.3 is 15.4 Å². The number of benzene rings is 1. The lowest BCUT2D eigenvalue weighted by molar-refractivity contribution is -0.132. The molecule has 1 aromatic carbocycles. The minimum atomic E-state index is -0.366. The number of carbonyl (C=O) groups is 1. The van der Waals surface area contributed by atoms with Crippen LogP contribution in [0.15, 0.2) is 18.2 Å². The van der Waals surface area contributed by atoms with E-state index in [1.165, 1.54) is 18.2 Å². The third-order valence-corrected chi connectivity index (χ3v) is 2.93. The van der Waals surface area contributed by atoms with Crippen molar-refractivity contribution < 1.29 is 13.9 Å². The summed E-state index contributed by atoms with van der Waals surface area (Å²) in [6.07, 6.45) is 0. The summed E-state index contributed by atoms with van der Waals surface area (Å²) in [5.41, 5.74) is 6.32. The predicted molar refractivity (Wildman–Crippen MR) is 72.4 cm³/mol. The Hall–Kier alpha value is -1.62. The summed E-state index contributed by atoms with van der Waals surface area (Å²) in [6.45, 7) is 6.78. The van der Waals surface area contributed by atoms with Crippen molar-refractivity contribution in [2.24, 2.45) is 5.73 Å². The Balaban J connectivity index is 2.75. The highest BCUT2D eigenvalue weighted by Crippen LogP contribution is 2.24. The van der Waals surface area contributed by atoms with E-state index < -0.39 is 0 Å². The normalized spacial score (nSPS) is 12.1. The zero-order chi connectivity index (χ0) is 14.4. The molecule has 0 aliphatic heterocycles. The van der Waals surface area contributed by atoms with Crippen LogP contribution >= 0.6 is 0 Å². The number of halogens is 1. The second kappa shape index (κ2) is 7.09. The number of ether oxygens (including phenoxy) is 1. The van der Waals surface area contributed by atoms with Crippen LogP contribution < -0.4 is 10.5 Å². The zero-order valence-electron chi connectivity index (χ0n) is 11.6. The van der Waals surface area contributed by atoms with Crippen LogP contribution in [0, 0.1) is 5.82 Å². The zero-order valence-corrected chi connectivity index (χ0v) is 11.6. The van der Waals surface area contributed by atoms with Crippen LogP contribution in [0.3, 0.4) is 0 Å². The van der Waals surface area contributed by atoms with E-state index in [2.05, 4.69) is 0 Å². The van der Waals surface area contributed by atoms with Crippen LogP contribution in [-0.2, 0) is 4.79 Å². The molecule has 0 bridgehead atoms. The minimum Gasteiger partial charge on any atom is -0.483 e. The molecule has 0 saturated heterocycles. The van der Waals surface area contributed by atoms with Crippen molar-refractivity contribution in [1.29, 1.82) is 0 Å². The molecule has 1 amide bonds. The van der Waals surface area contributed by atoms with E-state index in [0.29, 0.717) is 24.4 Å². The lowest BCUT2D eigenvalue weighted by atomic mass is 10.1. The van der Waals surface area contributed by atoms with Gasteiger partial charge in [-0.2, -0.15) is 0 Å². The van der Waals surface area contributed by atoms with Gasteiger partial charge in [-0.25, -0.2) is 4.39 Å². The molecule has 0 aliphatic rings. The third kappa shape index (κ3) is 4.21. The molecule has 0 aromatic heterocycles. The maximum Gasteiger partial charge on any atom is 0.260 e. The maximum atomic E-state index is 13.2. The molecule has 1 atom stereocenters. The molecule has 0 saturated carbocycles. The average Bonchev–Trinajstić information content (AvgIpc) is 2.38. The van der Waals surface area contributed by atoms with Crippen LogP contribution in [0.5, 0.6) is 5.75 Å². The molecule has 2 N–H and O–H groups in total. The first-order valence-corrected chi connectivity index (χ1v) is 6.45. The molecule has 0 aliphatic carbocycles. The average molecular weight is 268 g/mol. The predicted octanol–water partition coefficient (Wildman–Crippen LogP) is 2.09. The van der Waals surface area contributed by atoms with E-state index in [4.69, 9.17) is 10.5 Å². The number of amides is 1. The van der Waals surface area contributed by atoms with Crippen LogP contribution in [0.1, 0.15) is 32.4 Å². The Morgan fingerprint density at radius 1 is 1.42 bits per heavy atom. The lowest BCUT2D eigenvalue weighted by Crippen LogP contribution is -2.34. The molecule has 5 heteroatoms. The Labute approximate surface area is 113 Å². The Kier molecular flexibility index (Phi) is 5.76. The lowest BCUT2D eigenvalue weighted by Gasteiger charge is -2.20. The van der Waals surface area contributed by atoms with Crippen molar-refractivity contribution in [3.05, 3.63) is 29.6 Å². The van der Waals surface area contributed by atoms with E-state index >= 15 is 0 Å². The number of rotatable bonds is 6. The van der Waals surface area contributed by atoms with E-state index in [9.17, 15) is 9.18 Å². The molecule has 1 aromatic rings. The van der Waals surface area contributed by atoms with Crippen LogP contribution in [-0.4, -0.2) is 30.5 Å². The van der Waals surface area contributed by atoms with E-state index in [-0.39, 0.29) is 24.4 Å². The Bertz CT molecular complexity index is 431. The van der Waals surface area contributed by atoms with Crippen molar-refractivity contribution in [2.75, 3.05) is 19.7 Å².